The molecule has 1 rings (SSSR count). The van der Waals surface area contributed by atoms with Gasteiger partial charge in [-0.3, -0.25) is 4.79 Å². The number of benzene rings is 1. The number of amides is 1. The molecule has 0 aliphatic carbocycles. The third-order valence-corrected chi connectivity index (χ3v) is 3.02. The standard InChI is InChI=1S/C12H15F3N2O/c1-3-12(2,6-16)11(18)17-10-8(14)4-7(13)5-9(10)15/h4-5H,3,6,16H2,1-2H3,(H,17,18). The van der Waals surface area contributed by atoms with Gasteiger partial charge in [0, 0.05) is 18.7 Å². The number of rotatable bonds is 4. The van der Waals surface area contributed by atoms with Crippen molar-refractivity contribution in [2.75, 3.05) is 11.9 Å². The van der Waals surface area contributed by atoms with Crippen LogP contribution in [0.25, 0.3) is 0 Å². The fourth-order valence-electron chi connectivity index (χ4n) is 1.32. The molecule has 18 heavy (non-hydrogen) atoms. The van der Waals surface area contributed by atoms with Gasteiger partial charge in [-0.05, 0) is 13.3 Å². The van der Waals surface area contributed by atoms with E-state index in [1.165, 1.54) is 0 Å². The number of nitrogens with two attached hydrogens (primary N) is 1. The molecule has 1 unspecified atom stereocenters. The van der Waals surface area contributed by atoms with E-state index in [4.69, 9.17) is 5.73 Å². The van der Waals surface area contributed by atoms with Crippen LogP contribution in [0.15, 0.2) is 12.1 Å². The Morgan fingerprint density at radius 2 is 1.83 bits per heavy atom. The first-order valence-corrected chi connectivity index (χ1v) is 5.50. The van der Waals surface area contributed by atoms with E-state index in [0.29, 0.717) is 18.6 Å². The summed E-state index contributed by atoms with van der Waals surface area (Å²) in [7, 11) is 0. The average Bonchev–Trinajstić information content (AvgIpc) is 2.32. The maximum atomic E-state index is 13.3. The molecule has 0 bridgehead atoms. The lowest BCUT2D eigenvalue weighted by atomic mass is 9.86. The van der Waals surface area contributed by atoms with Crippen LogP contribution in [0.1, 0.15) is 20.3 Å². The molecule has 1 amide bonds. The van der Waals surface area contributed by atoms with Crippen LogP contribution in [-0.2, 0) is 4.79 Å². The summed E-state index contributed by atoms with van der Waals surface area (Å²) in [5.74, 6) is -3.95. The summed E-state index contributed by atoms with van der Waals surface area (Å²) in [5.41, 5.74) is 3.88. The Bertz CT molecular complexity index is 436. The summed E-state index contributed by atoms with van der Waals surface area (Å²) >= 11 is 0. The molecule has 3 nitrogen and oxygen atoms in total. The van der Waals surface area contributed by atoms with Gasteiger partial charge in [0.15, 0.2) is 11.6 Å². The van der Waals surface area contributed by atoms with E-state index in [1.807, 2.05) is 0 Å². The summed E-state index contributed by atoms with van der Waals surface area (Å²) in [5, 5.41) is 2.11. The number of halogens is 3. The smallest absolute Gasteiger partial charge is 0.231 e. The van der Waals surface area contributed by atoms with Crippen LogP contribution in [0.5, 0.6) is 0 Å². The van der Waals surface area contributed by atoms with Gasteiger partial charge >= 0.3 is 0 Å². The van der Waals surface area contributed by atoms with Crippen molar-refractivity contribution in [1.82, 2.24) is 0 Å². The Hall–Kier alpha value is -1.56. The Kier molecular flexibility index (Phi) is 4.34. The summed E-state index contributed by atoms with van der Waals surface area (Å²) in [6.07, 6.45) is 0.416. The van der Waals surface area contributed by atoms with E-state index >= 15 is 0 Å². The van der Waals surface area contributed by atoms with Gasteiger partial charge in [-0.1, -0.05) is 6.92 Å². The highest BCUT2D eigenvalue weighted by molar-refractivity contribution is 5.95. The number of anilines is 1. The molecule has 0 aromatic heterocycles. The summed E-state index contributed by atoms with van der Waals surface area (Å²) in [6, 6.07) is 1.01. The Balaban J connectivity index is 3.02. The van der Waals surface area contributed by atoms with Gasteiger partial charge in [0.05, 0.1) is 5.41 Å². The highest BCUT2D eigenvalue weighted by atomic mass is 19.1. The van der Waals surface area contributed by atoms with Crippen LogP contribution in [0, 0.1) is 22.9 Å². The second-order valence-corrected chi connectivity index (χ2v) is 4.32. The lowest BCUT2D eigenvalue weighted by molar-refractivity contribution is -0.124. The zero-order valence-corrected chi connectivity index (χ0v) is 10.2. The zero-order chi connectivity index (χ0) is 13.9. The van der Waals surface area contributed by atoms with Gasteiger partial charge in [-0.25, -0.2) is 13.2 Å². The molecule has 1 aromatic carbocycles. The van der Waals surface area contributed by atoms with E-state index in [0.717, 1.165) is 0 Å². The normalized spacial score (nSPS) is 14.1. The van der Waals surface area contributed by atoms with Crippen molar-refractivity contribution in [1.29, 1.82) is 0 Å². The minimum Gasteiger partial charge on any atom is -0.329 e. The molecule has 0 saturated carbocycles. The largest absolute Gasteiger partial charge is 0.329 e. The van der Waals surface area contributed by atoms with Crippen LogP contribution in [0.2, 0.25) is 0 Å². The quantitative estimate of drug-likeness (QED) is 0.873. The van der Waals surface area contributed by atoms with Crippen LogP contribution < -0.4 is 11.1 Å². The van der Waals surface area contributed by atoms with Crippen molar-refractivity contribution >= 4 is 11.6 Å². The van der Waals surface area contributed by atoms with E-state index in [-0.39, 0.29) is 6.54 Å². The van der Waals surface area contributed by atoms with E-state index < -0.39 is 34.5 Å². The van der Waals surface area contributed by atoms with Crippen molar-refractivity contribution < 1.29 is 18.0 Å². The topological polar surface area (TPSA) is 55.1 Å². The summed E-state index contributed by atoms with van der Waals surface area (Å²) < 4.78 is 39.4. The first-order chi connectivity index (χ1) is 8.34. The van der Waals surface area contributed by atoms with Gasteiger partial charge < -0.3 is 11.1 Å². The third kappa shape index (κ3) is 2.81. The minimum absolute atomic E-state index is 0.0414. The van der Waals surface area contributed by atoms with Crippen molar-refractivity contribution in [3.63, 3.8) is 0 Å². The van der Waals surface area contributed by atoms with Crippen molar-refractivity contribution in [2.45, 2.75) is 20.3 Å². The lowest BCUT2D eigenvalue weighted by Gasteiger charge is -2.25. The Morgan fingerprint density at radius 1 is 1.33 bits per heavy atom. The molecular formula is C12H15F3N2O. The first kappa shape index (κ1) is 14.5. The van der Waals surface area contributed by atoms with Crippen LogP contribution in [0.4, 0.5) is 18.9 Å². The summed E-state index contributed by atoms with van der Waals surface area (Å²) in [6.45, 7) is 3.37. The van der Waals surface area contributed by atoms with Gasteiger partial charge in [0.2, 0.25) is 5.91 Å². The van der Waals surface area contributed by atoms with Crippen LogP contribution in [0.3, 0.4) is 0 Å². The molecule has 0 fully saturated rings. The summed E-state index contributed by atoms with van der Waals surface area (Å²) in [4.78, 5) is 11.9. The molecule has 0 radical (unpaired) electrons. The molecular weight excluding hydrogens is 245 g/mol. The van der Waals surface area contributed by atoms with Crippen LogP contribution in [-0.4, -0.2) is 12.5 Å². The van der Waals surface area contributed by atoms with Crippen LogP contribution >= 0.6 is 0 Å². The molecule has 0 spiro atoms. The molecule has 100 valence electrons. The number of nitrogens with one attached hydrogen (secondary N) is 1. The lowest BCUT2D eigenvalue weighted by Crippen LogP contribution is -2.39. The molecule has 1 aromatic rings. The van der Waals surface area contributed by atoms with Crippen molar-refractivity contribution in [2.24, 2.45) is 11.1 Å². The predicted octanol–water partition coefficient (Wildman–Crippen LogP) is 2.42. The molecule has 6 heteroatoms. The van der Waals surface area contributed by atoms with E-state index in [2.05, 4.69) is 5.32 Å². The van der Waals surface area contributed by atoms with Gasteiger partial charge in [-0.2, -0.15) is 0 Å². The number of carbonyl (C=O) groups is 1. The Morgan fingerprint density at radius 3 is 2.22 bits per heavy atom. The molecule has 3 N–H and O–H groups in total. The molecule has 0 aliphatic rings. The number of hydrogen-bond donors (Lipinski definition) is 2. The van der Waals surface area contributed by atoms with E-state index in [9.17, 15) is 18.0 Å². The monoisotopic (exact) mass is 260 g/mol. The SMILES string of the molecule is CCC(C)(CN)C(=O)Nc1c(F)cc(F)cc1F. The van der Waals surface area contributed by atoms with Gasteiger partial charge in [0.25, 0.3) is 0 Å². The molecule has 0 saturated heterocycles. The second kappa shape index (κ2) is 5.39. The first-order valence-electron chi connectivity index (χ1n) is 5.50. The van der Waals surface area contributed by atoms with Crippen molar-refractivity contribution in [3.05, 3.63) is 29.6 Å². The average molecular weight is 260 g/mol. The fraction of sp³-hybridized carbons (Fsp3) is 0.417. The Labute approximate surface area is 103 Å². The van der Waals surface area contributed by atoms with Crippen molar-refractivity contribution in [3.8, 4) is 0 Å². The number of hydrogen-bond acceptors (Lipinski definition) is 2. The maximum Gasteiger partial charge on any atom is 0.231 e. The predicted molar refractivity (Wildman–Crippen MR) is 62.4 cm³/mol. The third-order valence-electron chi connectivity index (χ3n) is 3.02. The molecule has 0 aliphatic heterocycles. The zero-order valence-electron chi connectivity index (χ0n) is 10.2. The molecule has 0 heterocycles. The maximum absolute atomic E-state index is 13.3. The van der Waals surface area contributed by atoms with Gasteiger partial charge in [0.1, 0.15) is 11.5 Å². The fourth-order valence-corrected chi connectivity index (χ4v) is 1.32. The minimum atomic E-state index is -1.16. The van der Waals surface area contributed by atoms with Gasteiger partial charge in [-0.15, -0.1) is 0 Å². The van der Waals surface area contributed by atoms with E-state index in [1.54, 1.807) is 13.8 Å². The highest BCUT2D eigenvalue weighted by Crippen LogP contribution is 2.25. The number of carbonyl (C=O) groups excluding carboxylic acids is 1. The second-order valence-electron chi connectivity index (χ2n) is 4.32. The molecule has 1 atom stereocenters. The highest BCUT2D eigenvalue weighted by Gasteiger charge is 2.31.